The molecule has 3 N–H and O–H groups in total. The zero-order chi connectivity index (χ0) is 22.3. The molecular formula is C23H29N5O4. The first-order valence-corrected chi connectivity index (χ1v) is 11.1. The number of primary amides is 1. The summed E-state index contributed by atoms with van der Waals surface area (Å²) in [7, 11) is 2.11. The maximum atomic E-state index is 11.7. The Morgan fingerprint density at radius 2 is 2.06 bits per heavy atom. The van der Waals surface area contributed by atoms with Gasteiger partial charge in [0, 0.05) is 24.9 Å². The number of hydroxylamine groups is 1. The van der Waals surface area contributed by atoms with Gasteiger partial charge >= 0.3 is 0 Å². The van der Waals surface area contributed by atoms with Crippen LogP contribution in [0.15, 0.2) is 46.6 Å². The summed E-state index contributed by atoms with van der Waals surface area (Å²) in [5, 5.41) is 8.51. The number of likely N-dealkylation sites (tertiary alicyclic amines) is 1. The number of amides is 1. The van der Waals surface area contributed by atoms with Gasteiger partial charge < -0.3 is 24.6 Å². The number of nitrogens with two attached hydrogens (primary N) is 1. The van der Waals surface area contributed by atoms with Gasteiger partial charge in [0.25, 0.3) is 5.91 Å². The van der Waals surface area contributed by atoms with Crippen molar-refractivity contribution in [1.29, 1.82) is 0 Å². The van der Waals surface area contributed by atoms with Crippen molar-refractivity contribution in [2.24, 2.45) is 17.6 Å². The van der Waals surface area contributed by atoms with Crippen LogP contribution in [0, 0.1) is 11.8 Å². The monoisotopic (exact) mass is 439 g/mol. The molecule has 2 aliphatic heterocycles. The van der Waals surface area contributed by atoms with Crippen molar-refractivity contribution in [2.45, 2.75) is 37.3 Å². The Morgan fingerprint density at radius 3 is 2.72 bits per heavy atom. The molecule has 9 nitrogen and oxygen atoms in total. The fourth-order valence-electron chi connectivity index (χ4n) is 4.87. The molecule has 170 valence electrons. The Morgan fingerprint density at radius 1 is 1.31 bits per heavy atom. The quantitative estimate of drug-likeness (QED) is 0.642. The second kappa shape index (κ2) is 8.31. The lowest BCUT2D eigenvalue weighted by atomic mass is 9.62. The van der Waals surface area contributed by atoms with Crippen molar-refractivity contribution in [1.82, 2.24) is 20.6 Å². The molecule has 2 aromatic rings. The summed E-state index contributed by atoms with van der Waals surface area (Å²) in [4.78, 5) is 19.4. The van der Waals surface area contributed by atoms with Crippen molar-refractivity contribution in [3.63, 3.8) is 0 Å². The van der Waals surface area contributed by atoms with Crippen LogP contribution in [-0.4, -0.2) is 47.7 Å². The maximum Gasteiger partial charge on any atom is 0.286 e. The third-order valence-electron chi connectivity index (χ3n) is 6.84. The molecule has 2 atom stereocenters. The summed E-state index contributed by atoms with van der Waals surface area (Å²) in [6.45, 7) is 4.79. The molecule has 2 fully saturated rings. The molecule has 1 amide bonds. The molecule has 0 spiro atoms. The van der Waals surface area contributed by atoms with E-state index in [1.54, 1.807) is 6.08 Å². The van der Waals surface area contributed by atoms with Crippen LogP contribution in [0.3, 0.4) is 0 Å². The lowest BCUT2D eigenvalue weighted by Gasteiger charge is -2.44. The van der Waals surface area contributed by atoms with E-state index >= 15 is 0 Å². The topological polar surface area (TPSA) is 116 Å². The van der Waals surface area contributed by atoms with Crippen LogP contribution in [0.5, 0.6) is 0 Å². The van der Waals surface area contributed by atoms with Crippen molar-refractivity contribution in [2.75, 3.05) is 26.7 Å². The van der Waals surface area contributed by atoms with Gasteiger partial charge in [0.2, 0.25) is 17.5 Å². The summed E-state index contributed by atoms with van der Waals surface area (Å²) in [6.07, 6.45) is 3.22. The maximum absolute atomic E-state index is 11.7. The molecule has 1 aromatic heterocycles. The fraction of sp³-hybridized carbons (Fsp3) is 0.522. The van der Waals surface area contributed by atoms with Gasteiger partial charge in [-0.1, -0.05) is 30.3 Å². The van der Waals surface area contributed by atoms with Gasteiger partial charge in [-0.25, -0.2) is 0 Å². The molecule has 1 aromatic carbocycles. The van der Waals surface area contributed by atoms with E-state index in [9.17, 15) is 4.79 Å². The molecule has 1 aliphatic carbocycles. The average molecular weight is 440 g/mol. The Kier molecular flexibility index (Phi) is 5.48. The molecule has 3 aliphatic rings. The average Bonchev–Trinajstić information content (AvgIpc) is 3.39. The van der Waals surface area contributed by atoms with Crippen molar-refractivity contribution in [3.8, 4) is 0 Å². The second-order valence-corrected chi connectivity index (χ2v) is 9.22. The largest absolute Gasteiger partial charge is 0.422 e. The number of benzene rings is 1. The highest BCUT2D eigenvalue weighted by molar-refractivity contribution is 5.90. The van der Waals surface area contributed by atoms with Crippen LogP contribution in [0.1, 0.15) is 49.1 Å². The van der Waals surface area contributed by atoms with Crippen molar-refractivity contribution < 1.29 is 18.8 Å². The standard InChI is InChI=1S/C23H29N5O4/c1-14(30-13-15-11-28(2)12-15)21-25-26-22(31-21)16-8-18(9-16)23(17-6-4-3-5-7-17)10-19(20(24)29)32-27-23/h3-7,10,14-16,18,27H,8-9,11-13H2,1-2H3,(H2,24,29)/t14-,16?,18?,23+/m1/s1. The third-order valence-corrected chi connectivity index (χ3v) is 6.84. The van der Waals surface area contributed by atoms with Gasteiger partial charge in [0.15, 0.2) is 0 Å². The molecule has 9 heteroatoms. The minimum absolute atomic E-state index is 0.140. The number of ether oxygens (including phenoxy) is 1. The van der Waals surface area contributed by atoms with Gasteiger partial charge in [-0.3, -0.25) is 4.79 Å². The van der Waals surface area contributed by atoms with Gasteiger partial charge in [0.1, 0.15) is 11.6 Å². The Balaban J connectivity index is 1.24. The summed E-state index contributed by atoms with van der Waals surface area (Å²) in [6, 6.07) is 9.94. The molecule has 1 saturated heterocycles. The molecule has 0 radical (unpaired) electrons. The number of rotatable bonds is 8. The highest BCUT2D eigenvalue weighted by Gasteiger charge is 2.51. The molecule has 32 heavy (non-hydrogen) atoms. The van der Waals surface area contributed by atoms with E-state index in [-0.39, 0.29) is 23.7 Å². The predicted molar refractivity (Wildman–Crippen MR) is 115 cm³/mol. The van der Waals surface area contributed by atoms with Crippen LogP contribution in [0.2, 0.25) is 0 Å². The zero-order valence-corrected chi connectivity index (χ0v) is 18.4. The first-order valence-electron chi connectivity index (χ1n) is 11.1. The SMILES string of the molecule is C[C@@H](OCC1CN(C)C1)c1nnc(C2CC([C@@]3(c4ccccc4)C=C(C(N)=O)ON3)C2)o1. The van der Waals surface area contributed by atoms with Gasteiger partial charge in [-0.05, 0) is 44.4 Å². The van der Waals surface area contributed by atoms with Crippen LogP contribution in [0.4, 0.5) is 0 Å². The van der Waals surface area contributed by atoms with Crippen LogP contribution in [0.25, 0.3) is 0 Å². The highest BCUT2D eigenvalue weighted by Crippen LogP contribution is 2.52. The van der Waals surface area contributed by atoms with E-state index in [1.807, 2.05) is 37.3 Å². The van der Waals surface area contributed by atoms with Gasteiger partial charge in [-0.2, -0.15) is 0 Å². The summed E-state index contributed by atoms with van der Waals surface area (Å²) < 4.78 is 11.9. The van der Waals surface area contributed by atoms with Crippen molar-refractivity contribution >= 4 is 5.91 Å². The van der Waals surface area contributed by atoms with E-state index < -0.39 is 11.4 Å². The van der Waals surface area contributed by atoms with E-state index in [2.05, 4.69) is 27.6 Å². The molecule has 5 rings (SSSR count). The van der Waals surface area contributed by atoms with E-state index in [0.717, 1.165) is 31.5 Å². The second-order valence-electron chi connectivity index (χ2n) is 9.22. The van der Waals surface area contributed by atoms with Crippen LogP contribution >= 0.6 is 0 Å². The van der Waals surface area contributed by atoms with Crippen molar-refractivity contribution in [3.05, 3.63) is 59.5 Å². The number of carbonyl (C=O) groups is 1. The Hall–Kier alpha value is -2.75. The molecule has 0 bridgehead atoms. The van der Waals surface area contributed by atoms with E-state index in [1.165, 1.54) is 0 Å². The summed E-state index contributed by atoms with van der Waals surface area (Å²) >= 11 is 0. The smallest absolute Gasteiger partial charge is 0.286 e. The van der Waals surface area contributed by atoms with Crippen LogP contribution in [-0.2, 0) is 19.9 Å². The molecule has 1 saturated carbocycles. The number of hydrogen-bond acceptors (Lipinski definition) is 8. The zero-order valence-electron chi connectivity index (χ0n) is 18.4. The highest BCUT2D eigenvalue weighted by atomic mass is 16.7. The van der Waals surface area contributed by atoms with Crippen LogP contribution < -0.4 is 11.2 Å². The lowest BCUT2D eigenvalue weighted by Crippen LogP contribution is -2.48. The van der Waals surface area contributed by atoms with E-state index in [4.69, 9.17) is 19.7 Å². The normalized spacial score (nSPS) is 29.0. The summed E-state index contributed by atoms with van der Waals surface area (Å²) in [5.41, 5.74) is 8.93. The van der Waals surface area contributed by atoms with E-state index in [0.29, 0.717) is 24.3 Å². The number of nitrogens with one attached hydrogen (secondary N) is 1. The minimum Gasteiger partial charge on any atom is -0.422 e. The first kappa shape index (κ1) is 21.1. The Labute approximate surface area is 186 Å². The summed E-state index contributed by atoms with van der Waals surface area (Å²) in [5.74, 6) is 1.62. The lowest BCUT2D eigenvalue weighted by molar-refractivity contribution is -0.119. The fourth-order valence-corrected chi connectivity index (χ4v) is 4.87. The minimum atomic E-state index is -0.614. The first-order chi connectivity index (χ1) is 15.4. The van der Waals surface area contributed by atoms with Gasteiger partial charge in [0.05, 0.1) is 6.61 Å². The molecule has 3 heterocycles. The number of aromatic nitrogens is 2. The Bertz CT molecular complexity index is 997. The number of carbonyl (C=O) groups excluding carboxylic acids is 1. The molecular weight excluding hydrogens is 410 g/mol. The predicted octanol–water partition coefficient (Wildman–Crippen LogP) is 2.00. The number of hydrogen-bond donors (Lipinski definition) is 2. The molecule has 0 unspecified atom stereocenters. The third kappa shape index (κ3) is 3.80. The van der Waals surface area contributed by atoms with Gasteiger partial charge in [-0.15, -0.1) is 15.7 Å². The number of nitrogens with zero attached hydrogens (tertiary/aromatic N) is 3.